The van der Waals surface area contributed by atoms with E-state index in [1.54, 1.807) is 10.8 Å². The number of hydrogen-bond acceptors (Lipinski definition) is 7. The first kappa shape index (κ1) is 17.9. The van der Waals surface area contributed by atoms with Crippen molar-refractivity contribution in [1.82, 2.24) is 24.8 Å². The van der Waals surface area contributed by atoms with E-state index in [4.69, 9.17) is 0 Å². The van der Waals surface area contributed by atoms with E-state index < -0.39 is 11.6 Å². The van der Waals surface area contributed by atoms with E-state index in [2.05, 4.69) is 30.5 Å². The Bertz CT molecular complexity index is 1180. The summed E-state index contributed by atoms with van der Waals surface area (Å²) in [5, 5.41) is 15.4. The number of nitrogens with zero attached hydrogens (tertiary/aromatic N) is 6. The molecule has 0 unspecified atom stereocenters. The highest BCUT2D eigenvalue weighted by Gasteiger charge is 2.26. The normalized spacial score (nSPS) is 15.3. The van der Waals surface area contributed by atoms with Crippen molar-refractivity contribution in [1.29, 1.82) is 0 Å². The van der Waals surface area contributed by atoms with E-state index in [9.17, 15) is 13.6 Å². The molecule has 5 rings (SSSR count). The van der Waals surface area contributed by atoms with Crippen LogP contribution in [0.5, 0.6) is 0 Å². The number of aromatic nitrogens is 5. The number of rotatable bonds is 3. The Labute approximate surface area is 167 Å². The fourth-order valence-corrected chi connectivity index (χ4v) is 4.32. The molecule has 29 heavy (non-hydrogen) atoms. The van der Waals surface area contributed by atoms with E-state index in [0.717, 1.165) is 29.3 Å². The lowest BCUT2D eigenvalue weighted by atomic mass is 9.96. The van der Waals surface area contributed by atoms with Gasteiger partial charge in [-0.15, -0.1) is 15.3 Å². The first-order chi connectivity index (χ1) is 14.1. The second-order valence-electron chi connectivity index (χ2n) is 6.83. The monoisotopic (exact) mass is 415 g/mol. The molecule has 0 bridgehead atoms. The molecular weight excluding hydrogens is 400 g/mol. The minimum Gasteiger partial charge on any atom is -0.355 e. The lowest BCUT2D eigenvalue weighted by Gasteiger charge is -2.31. The third-order valence-electron chi connectivity index (χ3n) is 5.00. The van der Waals surface area contributed by atoms with E-state index in [0.29, 0.717) is 46.9 Å². The second-order valence-corrected chi connectivity index (χ2v) is 7.86. The molecule has 8 nitrogen and oxygen atoms in total. The maximum Gasteiger partial charge on any atom is 0.229 e. The molecule has 1 aliphatic rings. The van der Waals surface area contributed by atoms with Gasteiger partial charge in [0.15, 0.2) is 22.4 Å². The van der Waals surface area contributed by atoms with Crippen molar-refractivity contribution in [3.8, 4) is 0 Å². The van der Waals surface area contributed by atoms with Gasteiger partial charge in [-0.2, -0.15) is 4.52 Å². The number of benzene rings is 1. The molecule has 4 aromatic rings. The molecule has 1 aliphatic heterocycles. The van der Waals surface area contributed by atoms with Gasteiger partial charge in [-0.05, 0) is 31.0 Å². The summed E-state index contributed by atoms with van der Waals surface area (Å²) < 4.78 is 28.8. The highest BCUT2D eigenvalue weighted by Crippen LogP contribution is 2.29. The van der Waals surface area contributed by atoms with Crippen molar-refractivity contribution in [2.24, 2.45) is 5.92 Å². The lowest BCUT2D eigenvalue weighted by molar-refractivity contribution is -0.120. The molecule has 148 valence electrons. The first-order valence-electron chi connectivity index (χ1n) is 9.05. The molecule has 1 fully saturated rings. The maximum atomic E-state index is 13.4. The number of hydrogen-bond donors (Lipinski definition) is 1. The average Bonchev–Trinajstić information content (AvgIpc) is 3.34. The van der Waals surface area contributed by atoms with Crippen molar-refractivity contribution in [3.63, 3.8) is 0 Å². The first-order valence-corrected chi connectivity index (χ1v) is 9.87. The van der Waals surface area contributed by atoms with Crippen LogP contribution in [0.4, 0.5) is 19.7 Å². The predicted octanol–water partition coefficient (Wildman–Crippen LogP) is 2.87. The molecule has 0 spiro atoms. The van der Waals surface area contributed by atoms with Crippen molar-refractivity contribution in [2.75, 3.05) is 23.3 Å². The third-order valence-corrected chi connectivity index (χ3v) is 5.93. The summed E-state index contributed by atoms with van der Waals surface area (Å²) in [5.74, 6) is -1.36. The predicted molar refractivity (Wildman–Crippen MR) is 104 cm³/mol. The molecular formula is C18H15F2N7OS. The number of carbonyl (C=O) groups is 1. The Morgan fingerprint density at radius 3 is 2.79 bits per heavy atom. The zero-order valence-corrected chi connectivity index (χ0v) is 15.9. The quantitative estimate of drug-likeness (QED) is 0.554. The Kier molecular flexibility index (Phi) is 4.31. The fourth-order valence-electron chi connectivity index (χ4n) is 3.44. The van der Waals surface area contributed by atoms with Gasteiger partial charge in [0.2, 0.25) is 5.91 Å². The molecule has 1 N–H and O–H groups in total. The topological polar surface area (TPSA) is 88.3 Å². The number of fused-ring (bicyclic) bond motifs is 2. The highest BCUT2D eigenvalue weighted by molar-refractivity contribution is 7.22. The average molecular weight is 415 g/mol. The number of amides is 1. The number of piperidine rings is 1. The highest BCUT2D eigenvalue weighted by atomic mass is 32.1. The minimum atomic E-state index is -0.952. The van der Waals surface area contributed by atoms with Gasteiger partial charge in [-0.1, -0.05) is 11.3 Å². The Hall–Kier alpha value is -3.21. The van der Waals surface area contributed by atoms with E-state index in [-0.39, 0.29) is 11.8 Å². The van der Waals surface area contributed by atoms with Gasteiger partial charge >= 0.3 is 0 Å². The van der Waals surface area contributed by atoms with Gasteiger partial charge in [0.05, 0.1) is 10.2 Å². The summed E-state index contributed by atoms with van der Waals surface area (Å²) >= 11 is 1.13. The smallest absolute Gasteiger partial charge is 0.229 e. The molecule has 1 amide bonds. The van der Waals surface area contributed by atoms with Crippen LogP contribution in [0.15, 0.2) is 30.6 Å². The van der Waals surface area contributed by atoms with Crippen molar-refractivity contribution in [3.05, 3.63) is 42.2 Å². The van der Waals surface area contributed by atoms with Crippen LogP contribution in [-0.2, 0) is 4.79 Å². The Morgan fingerprint density at radius 1 is 1.17 bits per heavy atom. The van der Waals surface area contributed by atoms with Gasteiger partial charge in [-0.3, -0.25) is 4.79 Å². The van der Waals surface area contributed by atoms with Crippen LogP contribution in [0.3, 0.4) is 0 Å². The van der Waals surface area contributed by atoms with Gasteiger partial charge in [-0.25, -0.2) is 13.8 Å². The van der Waals surface area contributed by atoms with Crippen LogP contribution in [0.1, 0.15) is 12.8 Å². The van der Waals surface area contributed by atoms with Crippen molar-refractivity contribution >= 4 is 44.1 Å². The largest absolute Gasteiger partial charge is 0.355 e. The summed E-state index contributed by atoms with van der Waals surface area (Å²) in [4.78, 5) is 18.9. The molecule has 0 atom stereocenters. The Balaban J connectivity index is 1.24. The van der Waals surface area contributed by atoms with Gasteiger partial charge in [0.1, 0.15) is 12.1 Å². The number of halogens is 2. The summed E-state index contributed by atoms with van der Waals surface area (Å²) in [6.45, 7) is 1.38. The summed E-state index contributed by atoms with van der Waals surface area (Å²) in [6.07, 6.45) is 2.89. The maximum absolute atomic E-state index is 13.4. The van der Waals surface area contributed by atoms with Gasteiger partial charge < -0.3 is 10.2 Å². The summed E-state index contributed by atoms with van der Waals surface area (Å²) in [6, 6.07) is 5.88. The molecule has 0 saturated carbocycles. The second kappa shape index (κ2) is 6.99. The SMILES string of the molecule is O=C(Nc1nc2cc(F)c(F)cc2s1)C1CCN(c2ccc3nncn3n2)CC1. The number of nitrogens with one attached hydrogen (secondary N) is 1. The molecule has 1 saturated heterocycles. The van der Waals surface area contributed by atoms with Crippen LogP contribution in [0.25, 0.3) is 15.9 Å². The van der Waals surface area contributed by atoms with Crippen LogP contribution in [-0.4, -0.2) is 43.8 Å². The summed E-state index contributed by atoms with van der Waals surface area (Å²) in [5.41, 5.74) is 1.01. The molecule has 3 aromatic heterocycles. The van der Waals surface area contributed by atoms with Crippen LogP contribution < -0.4 is 10.2 Å². The van der Waals surface area contributed by atoms with Crippen molar-refractivity contribution in [2.45, 2.75) is 12.8 Å². The number of carbonyl (C=O) groups excluding carboxylic acids is 1. The van der Waals surface area contributed by atoms with Crippen LogP contribution >= 0.6 is 11.3 Å². The fraction of sp³-hybridized carbons (Fsp3) is 0.278. The minimum absolute atomic E-state index is 0.133. The van der Waals surface area contributed by atoms with Crippen LogP contribution in [0.2, 0.25) is 0 Å². The van der Waals surface area contributed by atoms with E-state index in [1.807, 2.05) is 12.1 Å². The molecule has 11 heteroatoms. The Morgan fingerprint density at radius 2 is 1.97 bits per heavy atom. The third kappa shape index (κ3) is 3.37. The molecule has 4 heterocycles. The molecule has 0 aliphatic carbocycles. The van der Waals surface area contributed by atoms with Gasteiger partial charge in [0, 0.05) is 25.1 Å². The van der Waals surface area contributed by atoms with E-state index in [1.165, 1.54) is 0 Å². The van der Waals surface area contributed by atoms with Crippen LogP contribution in [0, 0.1) is 17.6 Å². The van der Waals surface area contributed by atoms with E-state index >= 15 is 0 Å². The molecule has 0 radical (unpaired) electrons. The van der Waals surface area contributed by atoms with Crippen molar-refractivity contribution < 1.29 is 13.6 Å². The van der Waals surface area contributed by atoms with Gasteiger partial charge in [0.25, 0.3) is 0 Å². The zero-order valence-electron chi connectivity index (χ0n) is 15.0. The zero-order chi connectivity index (χ0) is 20.0. The standard InChI is InChI=1S/C18H15F2N7OS/c19-11-7-13-14(8-12(11)20)29-18(22-13)23-17(28)10-3-5-26(6-4-10)16-2-1-15-24-21-9-27(15)25-16/h1-2,7-10H,3-6H2,(H,22,23,28). The number of anilines is 2. The lowest BCUT2D eigenvalue weighted by Crippen LogP contribution is -2.38. The molecule has 1 aromatic carbocycles. The summed E-state index contributed by atoms with van der Waals surface area (Å²) in [7, 11) is 0. The number of thiazole rings is 1.